The summed E-state index contributed by atoms with van der Waals surface area (Å²) in [7, 11) is 0. The lowest BCUT2D eigenvalue weighted by molar-refractivity contribution is -0.385. The lowest BCUT2D eigenvalue weighted by Crippen LogP contribution is -2.22. The fraction of sp³-hybridized carbons (Fsp3) is 0.462. The molecule has 0 spiro atoms. The van der Waals surface area contributed by atoms with Crippen LogP contribution in [0.4, 0.5) is 15.8 Å². The van der Waals surface area contributed by atoms with Gasteiger partial charge in [0.25, 0.3) is 5.69 Å². The Labute approximate surface area is 120 Å². The molecule has 0 saturated carbocycles. The second-order valence-corrected chi connectivity index (χ2v) is 5.08. The summed E-state index contributed by atoms with van der Waals surface area (Å²) in [6, 6.07) is 1.42. The fourth-order valence-electron chi connectivity index (χ4n) is 1.88. The van der Waals surface area contributed by atoms with E-state index in [0.717, 1.165) is 6.07 Å². The van der Waals surface area contributed by atoms with Crippen molar-refractivity contribution in [3.63, 3.8) is 0 Å². The Bertz CT molecular complexity index is 548. The van der Waals surface area contributed by atoms with Gasteiger partial charge in [0.05, 0.1) is 22.8 Å². The highest BCUT2D eigenvalue weighted by molar-refractivity contribution is 5.93. The number of rotatable bonds is 7. The quantitative estimate of drug-likeness (QED) is 0.526. The summed E-state index contributed by atoms with van der Waals surface area (Å²) in [5.41, 5.74) is -1.61. The first kappa shape index (κ1) is 16.8. The van der Waals surface area contributed by atoms with Crippen LogP contribution in [0.25, 0.3) is 0 Å². The number of halogens is 1. The van der Waals surface area contributed by atoms with Crippen LogP contribution in [0.3, 0.4) is 0 Å². The van der Waals surface area contributed by atoms with Crippen LogP contribution < -0.4 is 5.32 Å². The van der Waals surface area contributed by atoms with Crippen molar-refractivity contribution in [2.45, 2.75) is 26.4 Å². The van der Waals surface area contributed by atoms with Crippen LogP contribution in [-0.2, 0) is 0 Å². The number of aromatic carboxylic acids is 1. The number of hydrogen-bond donors (Lipinski definition) is 3. The number of carboxylic acid groups (broad SMARTS) is 1. The Morgan fingerprint density at radius 3 is 2.57 bits per heavy atom. The van der Waals surface area contributed by atoms with Gasteiger partial charge in [0.1, 0.15) is 5.56 Å². The largest absolute Gasteiger partial charge is 0.477 e. The Balaban J connectivity index is 2.96. The lowest BCUT2D eigenvalue weighted by atomic mass is 10.1. The maximum Gasteiger partial charge on any atom is 0.342 e. The monoisotopic (exact) mass is 300 g/mol. The molecule has 1 aromatic rings. The number of nitrogens with zero attached hydrogens (tertiary/aromatic N) is 1. The molecule has 0 aromatic heterocycles. The smallest absolute Gasteiger partial charge is 0.342 e. The lowest BCUT2D eigenvalue weighted by Gasteiger charge is -2.15. The third kappa shape index (κ3) is 4.67. The molecule has 1 atom stereocenters. The van der Waals surface area contributed by atoms with Gasteiger partial charge in [0.15, 0.2) is 5.82 Å². The topological polar surface area (TPSA) is 113 Å². The van der Waals surface area contributed by atoms with Gasteiger partial charge >= 0.3 is 5.97 Å². The van der Waals surface area contributed by atoms with Crippen LogP contribution in [0.1, 0.15) is 30.6 Å². The van der Waals surface area contributed by atoms with Crippen molar-refractivity contribution >= 4 is 17.3 Å². The molecule has 0 saturated heterocycles. The van der Waals surface area contributed by atoms with Crippen LogP contribution >= 0.6 is 0 Å². The summed E-state index contributed by atoms with van der Waals surface area (Å²) in [6.45, 7) is 3.85. The summed E-state index contributed by atoms with van der Waals surface area (Å²) in [5, 5.41) is 31.9. The highest BCUT2D eigenvalue weighted by Gasteiger charge is 2.23. The molecule has 0 bridgehead atoms. The predicted molar refractivity (Wildman–Crippen MR) is 74.0 cm³/mol. The number of aliphatic hydroxyl groups excluding tert-OH is 1. The van der Waals surface area contributed by atoms with Crippen LogP contribution in [0.15, 0.2) is 12.1 Å². The summed E-state index contributed by atoms with van der Waals surface area (Å²) >= 11 is 0. The zero-order valence-corrected chi connectivity index (χ0v) is 11.7. The SMILES string of the molecule is CC(C)CC(O)CNc1cc(C(=O)O)c([N+](=O)[O-])cc1F. The predicted octanol–water partition coefficient (Wildman–Crippen LogP) is 2.25. The molecule has 0 radical (unpaired) electrons. The molecular weight excluding hydrogens is 283 g/mol. The van der Waals surface area contributed by atoms with Crippen LogP contribution in [0.5, 0.6) is 0 Å². The Morgan fingerprint density at radius 1 is 1.48 bits per heavy atom. The summed E-state index contributed by atoms with van der Waals surface area (Å²) < 4.78 is 13.7. The maximum absolute atomic E-state index is 13.7. The van der Waals surface area contributed by atoms with Crippen molar-refractivity contribution in [3.05, 3.63) is 33.6 Å². The van der Waals surface area contributed by atoms with Gasteiger partial charge in [-0.3, -0.25) is 10.1 Å². The number of anilines is 1. The van der Waals surface area contributed by atoms with Gasteiger partial charge in [-0.2, -0.15) is 0 Å². The second kappa shape index (κ2) is 6.98. The third-order valence-electron chi connectivity index (χ3n) is 2.78. The average molecular weight is 300 g/mol. The summed E-state index contributed by atoms with van der Waals surface area (Å²) in [5.74, 6) is -2.21. The average Bonchev–Trinajstić information content (AvgIpc) is 2.35. The molecule has 0 aliphatic carbocycles. The molecular formula is C13H17FN2O5. The van der Waals surface area contributed by atoms with E-state index >= 15 is 0 Å². The molecule has 0 aliphatic heterocycles. The Hall–Kier alpha value is -2.22. The number of aliphatic hydroxyl groups is 1. The van der Waals surface area contributed by atoms with Gasteiger partial charge in [0, 0.05) is 6.54 Å². The van der Waals surface area contributed by atoms with Gasteiger partial charge in [-0.1, -0.05) is 13.8 Å². The molecule has 3 N–H and O–H groups in total. The van der Waals surface area contributed by atoms with Gasteiger partial charge in [-0.05, 0) is 18.4 Å². The number of carboxylic acids is 1. The molecule has 0 heterocycles. The van der Waals surface area contributed by atoms with Crippen molar-refractivity contribution in [2.75, 3.05) is 11.9 Å². The molecule has 1 aromatic carbocycles. The van der Waals surface area contributed by atoms with Crippen molar-refractivity contribution < 1.29 is 24.3 Å². The molecule has 1 unspecified atom stereocenters. The zero-order valence-electron chi connectivity index (χ0n) is 11.7. The van der Waals surface area contributed by atoms with Gasteiger partial charge < -0.3 is 15.5 Å². The van der Waals surface area contributed by atoms with Crippen molar-refractivity contribution in [3.8, 4) is 0 Å². The first-order valence-electron chi connectivity index (χ1n) is 6.35. The molecule has 7 nitrogen and oxygen atoms in total. The number of carbonyl (C=O) groups is 1. The number of hydrogen-bond acceptors (Lipinski definition) is 5. The van der Waals surface area contributed by atoms with E-state index < -0.39 is 34.1 Å². The molecule has 0 fully saturated rings. The van der Waals surface area contributed by atoms with E-state index in [1.54, 1.807) is 0 Å². The first-order valence-corrected chi connectivity index (χ1v) is 6.35. The molecule has 1 rings (SSSR count). The van der Waals surface area contributed by atoms with E-state index in [0.29, 0.717) is 12.5 Å². The number of benzene rings is 1. The standard InChI is InChI=1S/C13H17FN2O5/c1-7(2)3-8(17)6-15-11-4-9(13(18)19)12(16(20)21)5-10(11)14/h4-5,7-8,15,17H,3,6H2,1-2H3,(H,18,19). The minimum Gasteiger partial charge on any atom is -0.477 e. The number of nitrogens with one attached hydrogen (secondary N) is 1. The Kier molecular flexibility index (Phi) is 5.60. The summed E-state index contributed by atoms with van der Waals surface area (Å²) in [4.78, 5) is 20.7. The van der Waals surface area contributed by atoms with E-state index in [1.165, 1.54) is 0 Å². The molecule has 0 aliphatic rings. The Morgan fingerprint density at radius 2 is 2.10 bits per heavy atom. The minimum absolute atomic E-state index is 0.0198. The summed E-state index contributed by atoms with van der Waals surface area (Å²) in [6.07, 6.45) is -0.235. The van der Waals surface area contributed by atoms with E-state index in [2.05, 4.69) is 5.32 Å². The number of nitro groups is 1. The number of nitro benzene ring substituents is 1. The molecule has 21 heavy (non-hydrogen) atoms. The van der Waals surface area contributed by atoms with Crippen LogP contribution in [0.2, 0.25) is 0 Å². The highest BCUT2D eigenvalue weighted by atomic mass is 19.1. The van der Waals surface area contributed by atoms with Gasteiger partial charge in [0.2, 0.25) is 0 Å². The van der Waals surface area contributed by atoms with Crippen LogP contribution in [0, 0.1) is 21.8 Å². The van der Waals surface area contributed by atoms with E-state index in [9.17, 15) is 24.4 Å². The van der Waals surface area contributed by atoms with Crippen molar-refractivity contribution in [1.82, 2.24) is 0 Å². The zero-order chi connectivity index (χ0) is 16.2. The fourth-order valence-corrected chi connectivity index (χ4v) is 1.88. The van der Waals surface area contributed by atoms with E-state index in [1.807, 2.05) is 13.8 Å². The third-order valence-corrected chi connectivity index (χ3v) is 2.78. The van der Waals surface area contributed by atoms with Crippen LogP contribution in [-0.4, -0.2) is 33.8 Å². The van der Waals surface area contributed by atoms with E-state index in [-0.39, 0.29) is 18.2 Å². The van der Waals surface area contributed by atoms with Crippen molar-refractivity contribution in [1.29, 1.82) is 0 Å². The minimum atomic E-state index is -1.52. The molecule has 0 amide bonds. The second-order valence-electron chi connectivity index (χ2n) is 5.08. The first-order chi connectivity index (χ1) is 9.72. The van der Waals surface area contributed by atoms with Crippen molar-refractivity contribution in [2.24, 2.45) is 5.92 Å². The van der Waals surface area contributed by atoms with Gasteiger partial charge in [-0.25, -0.2) is 9.18 Å². The molecule has 8 heteroatoms. The normalized spacial score (nSPS) is 12.2. The van der Waals surface area contributed by atoms with E-state index in [4.69, 9.17) is 5.11 Å². The molecule has 116 valence electrons. The highest BCUT2D eigenvalue weighted by Crippen LogP contribution is 2.26. The van der Waals surface area contributed by atoms with Gasteiger partial charge in [-0.15, -0.1) is 0 Å². The maximum atomic E-state index is 13.7.